The molecule has 0 saturated heterocycles. The first-order chi connectivity index (χ1) is 11.5. The fourth-order valence-corrected chi connectivity index (χ4v) is 3.49. The molecule has 0 aromatic heterocycles. The van der Waals surface area contributed by atoms with Gasteiger partial charge in [0, 0.05) is 16.9 Å². The molecule has 0 radical (unpaired) electrons. The molecule has 2 aromatic carbocycles. The fraction of sp³-hybridized carbons (Fsp3) is 0.222. The summed E-state index contributed by atoms with van der Waals surface area (Å²) in [5, 5.41) is 0. The minimum absolute atomic E-state index is 0.00858. The molecule has 0 spiro atoms. The Balaban J connectivity index is 2.12. The number of hydrogen-bond acceptors (Lipinski definition) is 4. The van der Waals surface area contributed by atoms with Crippen molar-refractivity contribution in [1.29, 1.82) is 0 Å². The first kappa shape index (κ1) is 16.4. The molecule has 1 amide bonds. The fourth-order valence-electron chi connectivity index (χ4n) is 2.63. The van der Waals surface area contributed by atoms with Gasteiger partial charge in [-0.25, -0.2) is 8.42 Å². The second kappa shape index (κ2) is 6.57. The van der Waals surface area contributed by atoms with Crippen LogP contribution in [0, 0.1) is 0 Å². The highest BCUT2D eigenvalue weighted by atomic mass is 32.2. The first-order valence-corrected chi connectivity index (χ1v) is 9.54. The second-order valence-electron chi connectivity index (χ2n) is 5.53. The average Bonchev–Trinajstić information content (AvgIpc) is 2.73. The molecule has 0 saturated carbocycles. The monoisotopic (exact) mass is 342 g/mol. The molecule has 1 heterocycles. The van der Waals surface area contributed by atoms with Crippen molar-refractivity contribution in [2.45, 2.75) is 6.92 Å². The third kappa shape index (κ3) is 3.23. The van der Waals surface area contributed by atoms with Gasteiger partial charge >= 0.3 is 0 Å². The average molecular weight is 342 g/mol. The van der Waals surface area contributed by atoms with Crippen LogP contribution in [0.15, 0.2) is 59.6 Å². The smallest absolute Gasteiger partial charge is 0.249 e. The van der Waals surface area contributed by atoms with E-state index in [9.17, 15) is 13.2 Å². The van der Waals surface area contributed by atoms with Gasteiger partial charge in [-0.1, -0.05) is 55.5 Å². The molecule has 0 aliphatic carbocycles. The quantitative estimate of drug-likeness (QED) is 0.856. The zero-order valence-corrected chi connectivity index (χ0v) is 14.2. The van der Waals surface area contributed by atoms with Gasteiger partial charge in [-0.2, -0.15) is 0 Å². The zero-order valence-electron chi connectivity index (χ0n) is 13.3. The van der Waals surface area contributed by atoms with Crippen LogP contribution in [0.1, 0.15) is 18.1 Å². The molecular weight excluding hydrogens is 324 g/mol. The molecule has 6 heteroatoms. The van der Waals surface area contributed by atoms with Crippen LogP contribution in [0.25, 0.3) is 0 Å². The summed E-state index contributed by atoms with van der Waals surface area (Å²) in [6, 6.07) is 16.9. The molecule has 0 bridgehead atoms. The maximum atomic E-state index is 12.5. The van der Waals surface area contributed by atoms with E-state index in [4.69, 9.17) is 0 Å². The summed E-state index contributed by atoms with van der Waals surface area (Å²) in [5.41, 5.74) is 2.95. The number of amides is 1. The zero-order chi connectivity index (χ0) is 17.2. The van der Waals surface area contributed by atoms with E-state index in [0.717, 1.165) is 11.1 Å². The third-order valence-electron chi connectivity index (χ3n) is 3.94. The van der Waals surface area contributed by atoms with E-state index in [-0.39, 0.29) is 24.1 Å². The topological polar surface area (TPSA) is 66.8 Å². The molecule has 1 aliphatic heterocycles. The van der Waals surface area contributed by atoms with E-state index in [1.54, 1.807) is 19.1 Å². The van der Waals surface area contributed by atoms with E-state index in [2.05, 4.69) is 4.99 Å². The molecule has 3 rings (SSSR count). The number of benzodiazepines with no additional fused rings is 1. The lowest BCUT2D eigenvalue weighted by molar-refractivity contribution is -0.117. The van der Waals surface area contributed by atoms with Gasteiger partial charge in [0.25, 0.3) is 0 Å². The second-order valence-corrected chi connectivity index (χ2v) is 7.85. The molecule has 1 aliphatic rings. The molecule has 24 heavy (non-hydrogen) atoms. The summed E-state index contributed by atoms with van der Waals surface area (Å²) in [6.07, 6.45) is 0. The number of anilines is 1. The lowest BCUT2D eigenvalue weighted by Crippen LogP contribution is -2.37. The van der Waals surface area contributed by atoms with E-state index in [1.807, 2.05) is 42.5 Å². The van der Waals surface area contributed by atoms with Crippen LogP contribution in [0.5, 0.6) is 0 Å². The summed E-state index contributed by atoms with van der Waals surface area (Å²) >= 11 is 0. The van der Waals surface area contributed by atoms with Crippen molar-refractivity contribution < 1.29 is 13.2 Å². The van der Waals surface area contributed by atoms with Crippen molar-refractivity contribution in [3.05, 3.63) is 65.7 Å². The lowest BCUT2D eigenvalue weighted by atomic mass is 10.0. The Hall–Kier alpha value is -2.47. The summed E-state index contributed by atoms with van der Waals surface area (Å²) < 4.78 is 24.1. The molecule has 5 nitrogen and oxygen atoms in total. The maximum absolute atomic E-state index is 12.5. The Morgan fingerprint density at radius 3 is 2.42 bits per heavy atom. The molecule has 0 N–H and O–H groups in total. The van der Waals surface area contributed by atoms with Crippen LogP contribution in [-0.4, -0.2) is 38.2 Å². The number of fused-ring (bicyclic) bond motifs is 1. The number of carbonyl (C=O) groups excluding carboxylic acids is 1. The van der Waals surface area contributed by atoms with Crippen LogP contribution in [-0.2, 0) is 14.6 Å². The molecule has 0 unspecified atom stereocenters. The number of nitrogens with zero attached hydrogens (tertiary/aromatic N) is 2. The van der Waals surface area contributed by atoms with Crippen LogP contribution in [0.2, 0.25) is 0 Å². The molecule has 0 fully saturated rings. The highest BCUT2D eigenvalue weighted by Crippen LogP contribution is 2.27. The van der Waals surface area contributed by atoms with Gasteiger partial charge in [0.15, 0.2) is 9.84 Å². The highest BCUT2D eigenvalue weighted by Gasteiger charge is 2.27. The van der Waals surface area contributed by atoms with Crippen molar-refractivity contribution in [3.8, 4) is 0 Å². The molecular formula is C18H18N2O3S. The number of para-hydroxylation sites is 1. The number of carbonyl (C=O) groups is 1. The van der Waals surface area contributed by atoms with Crippen molar-refractivity contribution >= 4 is 27.1 Å². The minimum Gasteiger partial charge on any atom is -0.295 e. The normalized spacial score (nSPS) is 14.8. The Labute approximate surface area is 141 Å². The van der Waals surface area contributed by atoms with Gasteiger partial charge in [-0.3, -0.25) is 14.7 Å². The van der Waals surface area contributed by atoms with Crippen molar-refractivity contribution in [2.75, 3.05) is 23.1 Å². The largest absolute Gasteiger partial charge is 0.295 e. The number of benzene rings is 2. The van der Waals surface area contributed by atoms with Crippen LogP contribution >= 0.6 is 0 Å². The Kier molecular flexibility index (Phi) is 4.49. The van der Waals surface area contributed by atoms with Gasteiger partial charge in [0.05, 0.1) is 11.4 Å². The maximum Gasteiger partial charge on any atom is 0.249 e. The van der Waals surface area contributed by atoms with Crippen LogP contribution in [0.4, 0.5) is 5.69 Å². The van der Waals surface area contributed by atoms with Crippen LogP contribution < -0.4 is 4.90 Å². The predicted octanol–water partition coefficient (Wildman–Crippen LogP) is 2.26. The van der Waals surface area contributed by atoms with Gasteiger partial charge < -0.3 is 0 Å². The van der Waals surface area contributed by atoms with Gasteiger partial charge in [-0.05, 0) is 6.07 Å². The van der Waals surface area contributed by atoms with E-state index in [0.29, 0.717) is 11.4 Å². The summed E-state index contributed by atoms with van der Waals surface area (Å²) in [4.78, 5) is 18.3. The van der Waals surface area contributed by atoms with E-state index >= 15 is 0 Å². The van der Waals surface area contributed by atoms with Gasteiger partial charge in [0.2, 0.25) is 5.91 Å². The number of rotatable bonds is 4. The van der Waals surface area contributed by atoms with E-state index < -0.39 is 9.84 Å². The number of sulfone groups is 1. The van der Waals surface area contributed by atoms with E-state index in [1.165, 1.54) is 4.90 Å². The lowest BCUT2D eigenvalue weighted by Gasteiger charge is -2.22. The van der Waals surface area contributed by atoms with Gasteiger partial charge in [-0.15, -0.1) is 0 Å². The van der Waals surface area contributed by atoms with Crippen LogP contribution in [0.3, 0.4) is 0 Å². The van der Waals surface area contributed by atoms with Crippen molar-refractivity contribution in [3.63, 3.8) is 0 Å². The van der Waals surface area contributed by atoms with Crippen molar-refractivity contribution in [2.24, 2.45) is 4.99 Å². The standard InChI is InChI=1S/C18H18N2O3S/c1-2-24(22,23)13-20-16-11-7-6-10-15(16)18(19-12-17(20)21)14-8-4-3-5-9-14/h3-11H,2,12-13H2,1H3. The summed E-state index contributed by atoms with van der Waals surface area (Å²) in [5.74, 6) is -0.646. The Morgan fingerprint density at radius 2 is 1.71 bits per heavy atom. The Morgan fingerprint density at radius 1 is 1.04 bits per heavy atom. The number of hydrogen-bond donors (Lipinski definition) is 0. The summed E-state index contributed by atoms with van der Waals surface area (Å²) in [7, 11) is -3.34. The SMILES string of the molecule is CCS(=O)(=O)CN1C(=O)CN=C(c2ccccc2)c2ccccc21. The minimum atomic E-state index is -3.34. The van der Waals surface area contributed by atoms with Gasteiger partial charge in [0.1, 0.15) is 12.4 Å². The Bertz CT molecular complexity index is 889. The summed E-state index contributed by atoms with van der Waals surface area (Å²) in [6.45, 7) is 1.51. The third-order valence-corrected chi connectivity index (χ3v) is 5.47. The molecule has 0 atom stereocenters. The predicted molar refractivity (Wildman–Crippen MR) is 95.2 cm³/mol. The number of aliphatic imine (C=N–C) groups is 1. The highest BCUT2D eigenvalue weighted by molar-refractivity contribution is 7.91. The van der Waals surface area contributed by atoms with Crippen molar-refractivity contribution in [1.82, 2.24) is 0 Å². The molecule has 2 aromatic rings. The molecule has 124 valence electrons. The first-order valence-electron chi connectivity index (χ1n) is 7.72.